The number of anilines is 1. The number of fused-ring (bicyclic) bond motifs is 1. The molecule has 0 atom stereocenters. The van der Waals surface area contributed by atoms with Crippen molar-refractivity contribution in [3.63, 3.8) is 0 Å². The van der Waals surface area contributed by atoms with E-state index in [4.69, 9.17) is 0 Å². The summed E-state index contributed by atoms with van der Waals surface area (Å²) >= 11 is 1.29. The third-order valence-electron chi connectivity index (χ3n) is 4.76. The van der Waals surface area contributed by atoms with Crippen molar-refractivity contribution in [2.75, 3.05) is 5.32 Å². The van der Waals surface area contributed by atoms with E-state index in [1.807, 2.05) is 6.92 Å². The molecule has 2 aromatic carbocycles. The molecule has 0 spiro atoms. The van der Waals surface area contributed by atoms with Gasteiger partial charge in [0.15, 0.2) is 0 Å². The Bertz CT molecular complexity index is 1280. The van der Waals surface area contributed by atoms with Gasteiger partial charge in [0.05, 0.1) is 27.7 Å². The molecule has 0 fully saturated rings. The van der Waals surface area contributed by atoms with Crippen LogP contribution >= 0.6 is 11.3 Å². The van der Waals surface area contributed by atoms with E-state index in [-0.39, 0.29) is 17.4 Å². The van der Waals surface area contributed by atoms with Gasteiger partial charge in [0.1, 0.15) is 10.6 Å². The molecule has 1 amide bonds. The molecule has 0 aliphatic carbocycles. The molecule has 4 aromatic rings. The SMILES string of the molecule is Cc1ccc([N+](=O)[O-])cc1NC(=O)c1cc2c(C)nn(Cc3ccc(F)cc3)c2s1. The second-order valence-corrected chi connectivity index (χ2v) is 7.94. The van der Waals surface area contributed by atoms with Crippen LogP contribution in [0.4, 0.5) is 15.8 Å². The molecule has 0 aliphatic rings. The van der Waals surface area contributed by atoms with E-state index in [2.05, 4.69) is 10.4 Å². The van der Waals surface area contributed by atoms with Crippen LogP contribution in [0, 0.1) is 29.8 Å². The molecule has 7 nitrogen and oxygen atoms in total. The minimum Gasteiger partial charge on any atom is -0.321 e. The number of aromatic nitrogens is 2. The van der Waals surface area contributed by atoms with Crippen LogP contribution in [-0.2, 0) is 6.54 Å². The number of nitro groups is 1. The van der Waals surface area contributed by atoms with Crippen LogP contribution < -0.4 is 5.32 Å². The zero-order chi connectivity index (χ0) is 21.4. The number of nitro benzene ring substituents is 1. The van der Waals surface area contributed by atoms with Crippen molar-refractivity contribution < 1.29 is 14.1 Å². The first kappa shape index (κ1) is 19.7. The maximum atomic E-state index is 13.1. The number of nitrogens with zero attached hydrogens (tertiary/aromatic N) is 3. The van der Waals surface area contributed by atoms with Gasteiger partial charge in [-0.15, -0.1) is 11.3 Å². The van der Waals surface area contributed by atoms with Crippen LogP contribution in [0.2, 0.25) is 0 Å². The fourth-order valence-corrected chi connectivity index (χ4v) is 4.19. The number of thiophene rings is 1. The van der Waals surface area contributed by atoms with Gasteiger partial charge < -0.3 is 5.32 Å². The lowest BCUT2D eigenvalue weighted by Gasteiger charge is -2.07. The zero-order valence-corrected chi connectivity index (χ0v) is 17.0. The average Bonchev–Trinajstić information content (AvgIpc) is 3.27. The number of rotatable bonds is 5. The monoisotopic (exact) mass is 424 g/mol. The van der Waals surface area contributed by atoms with Gasteiger partial charge in [0, 0.05) is 17.5 Å². The van der Waals surface area contributed by atoms with Crippen LogP contribution in [0.15, 0.2) is 48.5 Å². The number of halogens is 1. The van der Waals surface area contributed by atoms with Crippen LogP contribution in [0.1, 0.15) is 26.5 Å². The molecule has 0 unspecified atom stereocenters. The van der Waals surface area contributed by atoms with Gasteiger partial charge in [-0.1, -0.05) is 18.2 Å². The summed E-state index contributed by atoms with van der Waals surface area (Å²) in [6.07, 6.45) is 0. The van der Waals surface area contributed by atoms with E-state index < -0.39 is 4.92 Å². The molecule has 0 radical (unpaired) electrons. The third kappa shape index (κ3) is 3.79. The van der Waals surface area contributed by atoms with Gasteiger partial charge in [-0.3, -0.25) is 19.6 Å². The number of carbonyl (C=O) groups excluding carboxylic acids is 1. The normalized spacial score (nSPS) is 11.0. The highest BCUT2D eigenvalue weighted by atomic mass is 32.1. The van der Waals surface area contributed by atoms with E-state index >= 15 is 0 Å². The van der Waals surface area contributed by atoms with Gasteiger partial charge in [-0.25, -0.2) is 4.39 Å². The van der Waals surface area contributed by atoms with Gasteiger partial charge >= 0.3 is 0 Å². The summed E-state index contributed by atoms with van der Waals surface area (Å²) in [5, 5.41) is 19.2. The van der Waals surface area contributed by atoms with Gasteiger partial charge in [-0.2, -0.15) is 5.10 Å². The summed E-state index contributed by atoms with van der Waals surface area (Å²) in [5.41, 5.74) is 2.73. The predicted molar refractivity (Wildman–Crippen MR) is 114 cm³/mol. The Balaban J connectivity index is 1.62. The Morgan fingerprint density at radius 1 is 1.20 bits per heavy atom. The van der Waals surface area contributed by atoms with Crippen molar-refractivity contribution in [2.24, 2.45) is 0 Å². The topological polar surface area (TPSA) is 90.1 Å². The first-order valence-corrected chi connectivity index (χ1v) is 9.91. The standard InChI is InChI=1S/C21H17FN4O3S/c1-12-3-8-16(26(28)29)9-18(12)23-20(27)19-10-17-13(2)24-25(21(17)30-19)11-14-4-6-15(22)7-5-14/h3-10H,11H2,1-2H3,(H,23,27). The molecule has 2 aromatic heterocycles. The predicted octanol–water partition coefficient (Wildman–Crippen LogP) is 5.06. The molecule has 30 heavy (non-hydrogen) atoms. The van der Waals surface area contributed by atoms with Crippen LogP contribution in [0.3, 0.4) is 0 Å². The number of nitrogens with one attached hydrogen (secondary N) is 1. The van der Waals surface area contributed by atoms with Crippen molar-refractivity contribution >= 4 is 38.8 Å². The highest BCUT2D eigenvalue weighted by Gasteiger charge is 2.18. The second kappa shape index (κ2) is 7.68. The number of carbonyl (C=O) groups is 1. The summed E-state index contributed by atoms with van der Waals surface area (Å²) in [5.74, 6) is -0.639. The number of benzene rings is 2. The first-order chi connectivity index (χ1) is 14.3. The maximum absolute atomic E-state index is 13.1. The Kier molecular flexibility index (Phi) is 5.04. The van der Waals surface area contributed by atoms with Crippen molar-refractivity contribution in [3.8, 4) is 0 Å². The molecule has 152 valence electrons. The molecular formula is C21H17FN4O3S. The molecule has 0 saturated heterocycles. The zero-order valence-electron chi connectivity index (χ0n) is 16.2. The quantitative estimate of drug-likeness (QED) is 0.358. The van der Waals surface area contributed by atoms with E-state index in [1.54, 1.807) is 35.9 Å². The summed E-state index contributed by atoms with van der Waals surface area (Å²) in [4.78, 5) is 24.6. The van der Waals surface area contributed by atoms with Crippen molar-refractivity contribution in [2.45, 2.75) is 20.4 Å². The largest absolute Gasteiger partial charge is 0.321 e. The molecule has 1 N–H and O–H groups in total. The van der Waals surface area contributed by atoms with Crippen LogP contribution in [0.25, 0.3) is 10.2 Å². The Hall–Kier alpha value is -3.59. The number of hydrogen-bond donors (Lipinski definition) is 1. The molecule has 4 rings (SSSR count). The van der Waals surface area contributed by atoms with Crippen LogP contribution in [0.5, 0.6) is 0 Å². The highest BCUT2D eigenvalue weighted by Crippen LogP contribution is 2.30. The summed E-state index contributed by atoms with van der Waals surface area (Å²) in [6, 6.07) is 12.3. The lowest BCUT2D eigenvalue weighted by molar-refractivity contribution is -0.384. The smallest absolute Gasteiger partial charge is 0.271 e. The minimum absolute atomic E-state index is 0.0852. The Morgan fingerprint density at radius 3 is 2.63 bits per heavy atom. The Morgan fingerprint density at radius 2 is 1.93 bits per heavy atom. The van der Waals surface area contributed by atoms with Gasteiger partial charge in [-0.05, 0) is 43.2 Å². The molecule has 0 saturated carbocycles. The summed E-state index contributed by atoms with van der Waals surface area (Å²) in [6.45, 7) is 4.09. The number of non-ortho nitro benzene ring substituents is 1. The second-order valence-electron chi connectivity index (χ2n) is 6.91. The molecule has 0 aliphatic heterocycles. The fraction of sp³-hybridized carbons (Fsp3) is 0.143. The number of hydrogen-bond acceptors (Lipinski definition) is 5. The fourth-order valence-electron chi connectivity index (χ4n) is 3.14. The number of amides is 1. The number of aryl methyl sites for hydroxylation is 2. The average molecular weight is 424 g/mol. The van der Waals surface area contributed by atoms with Gasteiger partial charge in [0.25, 0.3) is 11.6 Å². The molecule has 0 bridgehead atoms. The van der Waals surface area contributed by atoms with Crippen molar-refractivity contribution in [1.82, 2.24) is 9.78 Å². The molecular weight excluding hydrogens is 407 g/mol. The molecule has 2 heterocycles. The lowest BCUT2D eigenvalue weighted by atomic mass is 10.2. The van der Waals surface area contributed by atoms with Crippen LogP contribution in [-0.4, -0.2) is 20.6 Å². The molecule has 9 heteroatoms. The third-order valence-corrected chi connectivity index (χ3v) is 5.90. The van der Waals surface area contributed by atoms with E-state index in [9.17, 15) is 19.3 Å². The van der Waals surface area contributed by atoms with Crippen molar-refractivity contribution in [1.29, 1.82) is 0 Å². The maximum Gasteiger partial charge on any atom is 0.271 e. The van der Waals surface area contributed by atoms with E-state index in [0.29, 0.717) is 17.1 Å². The Labute approximate surface area is 174 Å². The highest BCUT2D eigenvalue weighted by molar-refractivity contribution is 7.20. The summed E-state index contributed by atoms with van der Waals surface area (Å²) < 4.78 is 14.9. The minimum atomic E-state index is -0.498. The van der Waals surface area contributed by atoms with Crippen molar-refractivity contribution in [3.05, 3.63) is 86.2 Å². The van der Waals surface area contributed by atoms with E-state index in [1.165, 1.54) is 35.6 Å². The summed E-state index contributed by atoms with van der Waals surface area (Å²) in [7, 11) is 0. The van der Waals surface area contributed by atoms with E-state index in [0.717, 1.165) is 27.0 Å². The lowest BCUT2D eigenvalue weighted by Crippen LogP contribution is -2.11. The van der Waals surface area contributed by atoms with Gasteiger partial charge in [0.2, 0.25) is 0 Å². The first-order valence-electron chi connectivity index (χ1n) is 9.09.